The van der Waals surface area contributed by atoms with Crippen LogP contribution in [-0.4, -0.2) is 11.7 Å². The Bertz CT molecular complexity index is 322. The first-order valence-corrected chi connectivity index (χ1v) is 5.55. The van der Waals surface area contributed by atoms with Gasteiger partial charge in [-0.2, -0.15) is 5.10 Å². The van der Waals surface area contributed by atoms with E-state index in [1.54, 1.807) is 0 Å². The number of urea groups is 1. The molecule has 15 heavy (non-hydrogen) atoms. The summed E-state index contributed by atoms with van der Waals surface area (Å²) in [6.07, 6.45) is 2.21. The van der Waals surface area contributed by atoms with Crippen LogP contribution < -0.4 is 11.2 Å². The molecule has 3 aliphatic carbocycles. The number of rotatable bonds is 1. The summed E-state index contributed by atoms with van der Waals surface area (Å²) in [5.74, 6) is 2.01. The lowest BCUT2D eigenvalue weighted by Gasteiger charge is -2.59. The van der Waals surface area contributed by atoms with Crippen LogP contribution in [0.1, 0.15) is 33.6 Å². The second kappa shape index (κ2) is 3.22. The number of hydrazone groups is 1. The van der Waals surface area contributed by atoms with E-state index in [0.29, 0.717) is 17.3 Å². The smallest absolute Gasteiger partial charge is 0.332 e. The first-order chi connectivity index (χ1) is 6.93. The number of nitrogens with zero attached hydrogens (tertiary/aromatic N) is 1. The topological polar surface area (TPSA) is 67.5 Å². The third kappa shape index (κ3) is 1.52. The van der Waals surface area contributed by atoms with E-state index in [4.69, 9.17) is 5.73 Å². The van der Waals surface area contributed by atoms with Crippen molar-refractivity contribution in [2.45, 2.75) is 33.6 Å². The van der Waals surface area contributed by atoms with E-state index >= 15 is 0 Å². The summed E-state index contributed by atoms with van der Waals surface area (Å²) in [4.78, 5) is 10.6. The van der Waals surface area contributed by atoms with Crippen LogP contribution in [0.25, 0.3) is 0 Å². The Morgan fingerprint density at radius 1 is 1.60 bits per heavy atom. The van der Waals surface area contributed by atoms with Crippen molar-refractivity contribution in [1.29, 1.82) is 0 Å². The molecule has 4 nitrogen and oxygen atoms in total. The molecule has 0 radical (unpaired) electrons. The van der Waals surface area contributed by atoms with Gasteiger partial charge in [-0.25, -0.2) is 10.2 Å². The van der Waals surface area contributed by atoms with Crippen LogP contribution in [0.5, 0.6) is 0 Å². The molecule has 84 valence electrons. The highest BCUT2D eigenvalue weighted by molar-refractivity contribution is 5.91. The van der Waals surface area contributed by atoms with Gasteiger partial charge in [0.2, 0.25) is 0 Å². The van der Waals surface area contributed by atoms with Gasteiger partial charge in [-0.3, -0.25) is 0 Å². The molecule has 0 heterocycles. The summed E-state index contributed by atoms with van der Waals surface area (Å²) in [5, 5.41) is 4.14. The van der Waals surface area contributed by atoms with Crippen molar-refractivity contribution in [2.24, 2.45) is 34.0 Å². The maximum Gasteiger partial charge on any atom is 0.332 e. The van der Waals surface area contributed by atoms with E-state index in [2.05, 4.69) is 31.3 Å². The molecule has 0 aromatic rings. The highest BCUT2D eigenvalue weighted by atomic mass is 16.2. The molecule has 0 aromatic heterocycles. The number of carbonyl (C=O) groups excluding carboxylic acids is 1. The molecule has 3 rings (SSSR count). The standard InChI is InChI=1S/C11H19N3O/c1-6-4-9(13-14-10(12)15)8-5-7(6)11(8,2)3/h6-8H,4-5H2,1-3H3,(H3,12,14,15). The number of fused-ring (bicyclic) bond motifs is 2. The van der Waals surface area contributed by atoms with Crippen LogP contribution in [0.4, 0.5) is 4.79 Å². The SMILES string of the molecule is CC1CC(=NNC(N)=O)C2CC1C2(C)C. The predicted octanol–water partition coefficient (Wildman–Crippen LogP) is 1.71. The highest BCUT2D eigenvalue weighted by Crippen LogP contribution is 2.59. The molecule has 2 bridgehead atoms. The lowest BCUT2D eigenvalue weighted by Crippen LogP contribution is -2.56. The van der Waals surface area contributed by atoms with Crippen molar-refractivity contribution in [1.82, 2.24) is 5.43 Å². The van der Waals surface area contributed by atoms with Crippen molar-refractivity contribution in [3.8, 4) is 0 Å². The zero-order valence-electron chi connectivity index (χ0n) is 9.58. The molecule has 2 amide bonds. The van der Waals surface area contributed by atoms with Crippen molar-refractivity contribution >= 4 is 11.7 Å². The van der Waals surface area contributed by atoms with Crippen molar-refractivity contribution < 1.29 is 4.79 Å². The van der Waals surface area contributed by atoms with Gasteiger partial charge < -0.3 is 5.73 Å². The fourth-order valence-electron chi connectivity index (χ4n) is 3.36. The molecule has 0 aromatic carbocycles. The number of nitrogens with two attached hydrogens (primary N) is 1. The van der Waals surface area contributed by atoms with Crippen molar-refractivity contribution in [3.63, 3.8) is 0 Å². The van der Waals surface area contributed by atoms with Crippen molar-refractivity contribution in [2.75, 3.05) is 0 Å². The minimum atomic E-state index is -0.575. The Kier molecular flexibility index (Phi) is 2.24. The average Bonchev–Trinajstić information content (AvgIpc) is 2.13. The van der Waals surface area contributed by atoms with Crippen LogP contribution in [0, 0.1) is 23.2 Å². The van der Waals surface area contributed by atoms with Gasteiger partial charge in [-0.1, -0.05) is 20.8 Å². The quantitative estimate of drug-likeness (QED) is 0.634. The van der Waals surface area contributed by atoms with Crippen LogP contribution in [0.3, 0.4) is 0 Å². The second-order valence-corrected chi connectivity index (χ2v) is 5.48. The summed E-state index contributed by atoms with van der Waals surface area (Å²) >= 11 is 0. The molecular formula is C11H19N3O. The van der Waals surface area contributed by atoms with Crippen molar-refractivity contribution in [3.05, 3.63) is 0 Å². The molecule has 0 saturated heterocycles. The number of amides is 2. The first-order valence-electron chi connectivity index (χ1n) is 5.55. The summed E-state index contributed by atoms with van der Waals surface area (Å²) in [7, 11) is 0. The molecule has 3 saturated carbocycles. The Balaban J connectivity index is 2.14. The largest absolute Gasteiger partial charge is 0.350 e. The maximum atomic E-state index is 10.6. The molecule has 0 aliphatic heterocycles. The maximum absolute atomic E-state index is 10.6. The van der Waals surface area contributed by atoms with E-state index in [1.807, 2.05) is 0 Å². The van der Waals surface area contributed by atoms with E-state index in [1.165, 1.54) is 6.42 Å². The number of hydrogen-bond donors (Lipinski definition) is 2. The number of carbonyl (C=O) groups is 1. The van der Waals surface area contributed by atoms with E-state index in [0.717, 1.165) is 18.1 Å². The zero-order chi connectivity index (χ0) is 11.2. The minimum absolute atomic E-state index is 0.343. The van der Waals surface area contributed by atoms with E-state index < -0.39 is 6.03 Å². The molecule has 0 spiro atoms. The molecule has 3 N–H and O–H groups in total. The summed E-state index contributed by atoms with van der Waals surface area (Å²) in [5.41, 5.74) is 8.83. The van der Waals surface area contributed by atoms with Gasteiger partial charge in [-0.05, 0) is 30.1 Å². The Morgan fingerprint density at radius 3 is 2.73 bits per heavy atom. The normalized spacial score (nSPS) is 39.7. The number of primary amides is 1. The van der Waals surface area contributed by atoms with Gasteiger partial charge >= 0.3 is 6.03 Å². The van der Waals surface area contributed by atoms with Gasteiger partial charge in [0.15, 0.2) is 0 Å². The van der Waals surface area contributed by atoms with Gasteiger partial charge in [0.05, 0.1) is 0 Å². The predicted molar refractivity (Wildman–Crippen MR) is 59.3 cm³/mol. The molecule has 4 heteroatoms. The van der Waals surface area contributed by atoms with Gasteiger partial charge in [0, 0.05) is 11.6 Å². The minimum Gasteiger partial charge on any atom is -0.350 e. The summed E-state index contributed by atoms with van der Waals surface area (Å²) < 4.78 is 0. The summed E-state index contributed by atoms with van der Waals surface area (Å²) in [6.45, 7) is 6.85. The second-order valence-electron chi connectivity index (χ2n) is 5.48. The zero-order valence-corrected chi connectivity index (χ0v) is 9.58. The molecule has 3 fully saturated rings. The monoisotopic (exact) mass is 209 g/mol. The van der Waals surface area contributed by atoms with Crippen LogP contribution in [0.15, 0.2) is 5.10 Å². The van der Waals surface area contributed by atoms with E-state index in [-0.39, 0.29) is 0 Å². The molecular weight excluding hydrogens is 190 g/mol. The van der Waals surface area contributed by atoms with Gasteiger partial charge in [0.25, 0.3) is 0 Å². The fraction of sp³-hybridized carbons (Fsp3) is 0.818. The summed E-state index contributed by atoms with van der Waals surface area (Å²) in [6, 6.07) is -0.575. The highest BCUT2D eigenvalue weighted by Gasteiger charge is 2.56. The number of hydrogen-bond acceptors (Lipinski definition) is 2. The Hall–Kier alpha value is -1.06. The Morgan fingerprint density at radius 2 is 2.27 bits per heavy atom. The molecule has 3 atom stereocenters. The fourth-order valence-corrected chi connectivity index (χ4v) is 3.36. The Labute approximate surface area is 90.3 Å². The van der Waals surface area contributed by atoms with Gasteiger partial charge in [0.1, 0.15) is 0 Å². The van der Waals surface area contributed by atoms with Crippen LogP contribution >= 0.6 is 0 Å². The molecule has 3 unspecified atom stereocenters. The lowest BCUT2D eigenvalue weighted by molar-refractivity contribution is -0.0342. The average molecular weight is 209 g/mol. The van der Waals surface area contributed by atoms with Crippen LogP contribution in [-0.2, 0) is 0 Å². The van der Waals surface area contributed by atoms with Crippen LogP contribution in [0.2, 0.25) is 0 Å². The molecule has 3 aliphatic rings. The third-order valence-corrected chi connectivity index (χ3v) is 4.27. The van der Waals surface area contributed by atoms with E-state index in [9.17, 15) is 4.79 Å². The lowest BCUT2D eigenvalue weighted by atomic mass is 9.45. The third-order valence-electron chi connectivity index (χ3n) is 4.27. The van der Waals surface area contributed by atoms with Gasteiger partial charge in [-0.15, -0.1) is 0 Å². The first kappa shape index (κ1) is 10.5. The number of nitrogens with one attached hydrogen (secondary N) is 1.